The van der Waals surface area contributed by atoms with Gasteiger partial charge in [0.2, 0.25) is 5.60 Å². The summed E-state index contributed by atoms with van der Waals surface area (Å²) < 4.78 is 84.5. The van der Waals surface area contributed by atoms with Crippen LogP contribution in [-0.2, 0) is 9.47 Å². The first kappa shape index (κ1) is 14.8. The fourth-order valence-electron chi connectivity index (χ4n) is 1.52. The molecule has 104 valence electrons. The van der Waals surface area contributed by atoms with E-state index in [9.17, 15) is 26.3 Å². The summed E-state index contributed by atoms with van der Waals surface area (Å²) in [6.45, 7) is -3.85. The van der Waals surface area contributed by atoms with Crippen molar-refractivity contribution in [2.45, 2.75) is 24.2 Å². The van der Waals surface area contributed by atoms with Gasteiger partial charge in [0, 0.05) is 18.9 Å². The van der Waals surface area contributed by atoms with E-state index in [4.69, 9.17) is 5.73 Å². The zero-order valence-electron chi connectivity index (χ0n) is 8.97. The van der Waals surface area contributed by atoms with Gasteiger partial charge in [0.25, 0.3) is 5.85 Å². The Morgan fingerprint density at radius 3 is 2.28 bits per heavy atom. The van der Waals surface area contributed by atoms with Gasteiger partial charge in [-0.05, 0) is 12.2 Å². The fourth-order valence-corrected chi connectivity index (χ4v) is 1.52. The Morgan fingerprint density at radius 2 is 1.89 bits per heavy atom. The molecule has 9 heteroatoms. The molecule has 2 atom stereocenters. The van der Waals surface area contributed by atoms with Crippen molar-refractivity contribution in [2.24, 2.45) is 5.73 Å². The summed E-state index contributed by atoms with van der Waals surface area (Å²) in [5.74, 6) is -3.68. The molecule has 3 nitrogen and oxygen atoms in total. The second-order valence-electron chi connectivity index (χ2n) is 3.44. The first-order chi connectivity index (χ1) is 8.08. The highest BCUT2D eigenvalue weighted by atomic mass is 19.4. The highest BCUT2D eigenvalue weighted by molar-refractivity contribution is 5.34. The summed E-state index contributed by atoms with van der Waals surface area (Å²) in [6, 6.07) is 0. The van der Waals surface area contributed by atoms with E-state index >= 15 is 0 Å². The molecule has 0 saturated heterocycles. The predicted octanol–water partition coefficient (Wildman–Crippen LogP) is 2.25. The van der Waals surface area contributed by atoms with Crippen LogP contribution >= 0.6 is 0 Å². The van der Waals surface area contributed by atoms with Gasteiger partial charge in [-0.1, -0.05) is 0 Å². The van der Waals surface area contributed by atoms with E-state index in [2.05, 4.69) is 9.47 Å². The topological polar surface area (TPSA) is 44.5 Å². The normalized spacial score (nSPS) is 32.8. The number of nitrogens with two attached hydrogens (primary N) is 1. The highest BCUT2D eigenvalue weighted by Crippen LogP contribution is 2.49. The van der Waals surface area contributed by atoms with Crippen molar-refractivity contribution in [1.82, 2.24) is 0 Å². The van der Waals surface area contributed by atoms with Crippen LogP contribution in [0.5, 0.6) is 0 Å². The molecule has 18 heavy (non-hydrogen) atoms. The maximum Gasteiger partial charge on any atom is 0.427 e. The number of rotatable bonds is 3. The van der Waals surface area contributed by atoms with Crippen LogP contribution in [0.2, 0.25) is 0 Å². The van der Waals surface area contributed by atoms with Crippen molar-refractivity contribution < 1.29 is 35.8 Å². The molecule has 2 unspecified atom stereocenters. The van der Waals surface area contributed by atoms with E-state index in [0.29, 0.717) is 13.2 Å². The minimum Gasteiger partial charge on any atom is -0.399 e. The molecule has 0 amide bonds. The summed E-state index contributed by atoms with van der Waals surface area (Å²) in [5.41, 5.74) is 0.767. The second kappa shape index (κ2) is 4.47. The maximum absolute atomic E-state index is 14.1. The summed E-state index contributed by atoms with van der Waals surface area (Å²) >= 11 is 0. The number of ether oxygens (including phenoxy) is 2. The van der Waals surface area contributed by atoms with Crippen LogP contribution < -0.4 is 5.73 Å². The van der Waals surface area contributed by atoms with Gasteiger partial charge < -0.3 is 10.5 Å². The Hall–Kier alpha value is -1.22. The van der Waals surface area contributed by atoms with E-state index in [0.717, 1.165) is 0 Å². The van der Waals surface area contributed by atoms with Crippen molar-refractivity contribution in [3.8, 4) is 0 Å². The SMILES string of the molecule is COC1(F)C=C(N)C=CC1(OC(F)F)C(F)(F)F. The van der Waals surface area contributed by atoms with E-state index in [1.54, 1.807) is 0 Å². The Balaban J connectivity index is 3.38. The number of methoxy groups -OCH3 is 1. The number of halogens is 6. The molecule has 0 spiro atoms. The average molecular weight is 277 g/mol. The van der Waals surface area contributed by atoms with Crippen molar-refractivity contribution >= 4 is 0 Å². The lowest BCUT2D eigenvalue weighted by Crippen LogP contribution is -2.63. The van der Waals surface area contributed by atoms with Crippen LogP contribution in [0.1, 0.15) is 0 Å². The fraction of sp³-hybridized carbons (Fsp3) is 0.556. The third-order valence-electron chi connectivity index (χ3n) is 2.36. The van der Waals surface area contributed by atoms with Gasteiger partial charge in [0.05, 0.1) is 0 Å². The predicted molar refractivity (Wildman–Crippen MR) is 48.1 cm³/mol. The Labute approximate surface area is 97.8 Å². The lowest BCUT2D eigenvalue weighted by atomic mass is 9.87. The molecular weight excluding hydrogens is 268 g/mol. The van der Waals surface area contributed by atoms with Crippen LogP contribution in [0, 0.1) is 0 Å². The van der Waals surface area contributed by atoms with Crippen LogP contribution in [0.15, 0.2) is 23.9 Å². The minimum absolute atomic E-state index is 0.0675. The lowest BCUT2D eigenvalue weighted by Gasteiger charge is -2.42. The molecule has 0 heterocycles. The van der Waals surface area contributed by atoms with Gasteiger partial charge in [-0.2, -0.15) is 22.0 Å². The van der Waals surface area contributed by atoms with Crippen molar-refractivity contribution in [1.29, 1.82) is 0 Å². The third-order valence-corrected chi connectivity index (χ3v) is 2.36. The van der Waals surface area contributed by atoms with Crippen LogP contribution in [0.3, 0.4) is 0 Å². The molecule has 0 fully saturated rings. The van der Waals surface area contributed by atoms with Crippen molar-refractivity contribution in [2.75, 3.05) is 7.11 Å². The van der Waals surface area contributed by atoms with Gasteiger partial charge in [0.15, 0.2) is 0 Å². The van der Waals surface area contributed by atoms with E-state index in [1.165, 1.54) is 0 Å². The Bertz CT molecular complexity index is 380. The third kappa shape index (κ3) is 2.19. The lowest BCUT2D eigenvalue weighted by molar-refractivity contribution is -0.372. The second-order valence-corrected chi connectivity index (χ2v) is 3.44. The first-order valence-electron chi connectivity index (χ1n) is 4.52. The quantitative estimate of drug-likeness (QED) is 0.805. The molecule has 2 N–H and O–H groups in total. The van der Waals surface area contributed by atoms with Crippen LogP contribution in [0.4, 0.5) is 26.3 Å². The van der Waals surface area contributed by atoms with Crippen LogP contribution in [0.25, 0.3) is 0 Å². The standard InChI is InChI=1S/C9H9F6NO2/c1-17-8(12)4-5(16)2-3-7(8,9(13,14)15)18-6(10)11/h2-4,6H,16H2,1H3. The largest absolute Gasteiger partial charge is 0.427 e. The minimum atomic E-state index is -5.47. The van der Waals surface area contributed by atoms with Gasteiger partial charge in [-0.15, -0.1) is 0 Å². The van der Waals surface area contributed by atoms with Gasteiger partial charge in [-0.3, -0.25) is 4.74 Å². The molecule has 0 aromatic carbocycles. The van der Waals surface area contributed by atoms with Gasteiger partial charge in [-0.25, -0.2) is 4.39 Å². The number of alkyl halides is 6. The molecule has 1 aliphatic carbocycles. The molecule has 0 radical (unpaired) electrons. The summed E-state index contributed by atoms with van der Waals surface area (Å²) in [6.07, 6.45) is -4.56. The summed E-state index contributed by atoms with van der Waals surface area (Å²) in [4.78, 5) is 0. The average Bonchev–Trinajstić information content (AvgIpc) is 2.20. The Kier molecular flexibility index (Phi) is 3.68. The molecule has 0 bridgehead atoms. The zero-order chi connectivity index (χ0) is 14.2. The molecule has 0 saturated carbocycles. The van der Waals surface area contributed by atoms with Crippen LogP contribution in [-0.4, -0.2) is 31.4 Å². The smallest absolute Gasteiger partial charge is 0.399 e. The van der Waals surface area contributed by atoms with Gasteiger partial charge >= 0.3 is 12.8 Å². The summed E-state index contributed by atoms with van der Waals surface area (Å²) in [5, 5.41) is 0. The molecule has 0 aromatic rings. The first-order valence-corrected chi connectivity index (χ1v) is 4.52. The molecule has 1 rings (SSSR count). The van der Waals surface area contributed by atoms with E-state index < -0.39 is 29.9 Å². The number of allylic oxidation sites excluding steroid dienone is 1. The molecule has 0 aliphatic heterocycles. The molecule has 0 aromatic heterocycles. The highest BCUT2D eigenvalue weighted by Gasteiger charge is 2.70. The number of hydrogen-bond acceptors (Lipinski definition) is 3. The Morgan fingerprint density at radius 1 is 1.33 bits per heavy atom. The monoisotopic (exact) mass is 277 g/mol. The summed E-state index contributed by atoms with van der Waals surface area (Å²) in [7, 11) is 0.582. The van der Waals surface area contributed by atoms with E-state index in [1.807, 2.05) is 0 Å². The number of hydrogen-bond donors (Lipinski definition) is 1. The zero-order valence-corrected chi connectivity index (χ0v) is 8.97. The maximum atomic E-state index is 14.1. The molecule has 1 aliphatic rings. The van der Waals surface area contributed by atoms with Crippen molar-refractivity contribution in [3.05, 3.63) is 23.9 Å². The van der Waals surface area contributed by atoms with Crippen molar-refractivity contribution in [3.63, 3.8) is 0 Å². The van der Waals surface area contributed by atoms with Gasteiger partial charge in [0.1, 0.15) is 0 Å². The molecular formula is C9H9F6NO2. The van der Waals surface area contributed by atoms with E-state index in [-0.39, 0.29) is 12.2 Å².